The molecule has 142 valence electrons. The Morgan fingerprint density at radius 1 is 1.18 bits per heavy atom. The minimum atomic E-state index is -0.266. The molecule has 0 aliphatic carbocycles. The number of fused-ring (bicyclic) bond motifs is 1. The molecule has 0 spiro atoms. The summed E-state index contributed by atoms with van der Waals surface area (Å²) in [6.07, 6.45) is 2.58. The molecule has 3 aromatic rings. The Morgan fingerprint density at radius 3 is 2.71 bits per heavy atom. The third-order valence-corrected chi connectivity index (χ3v) is 5.93. The van der Waals surface area contributed by atoms with E-state index in [1.54, 1.807) is 18.0 Å². The van der Waals surface area contributed by atoms with Crippen LogP contribution in [0.1, 0.15) is 29.8 Å². The molecule has 0 saturated heterocycles. The number of imidazole rings is 1. The number of carbonyl (C=O) groups excluding carboxylic acids is 2. The maximum absolute atomic E-state index is 12.9. The molecule has 1 unspecified atom stereocenters. The molecule has 28 heavy (non-hydrogen) atoms. The number of rotatable bonds is 5. The smallest absolute Gasteiger partial charge is 0.223 e. The number of thioether (sulfide) groups is 1. The summed E-state index contributed by atoms with van der Waals surface area (Å²) in [7, 11) is 0. The van der Waals surface area contributed by atoms with E-state index in [1.807, 2.05) is 55.5 Å². The molecule has 5 nitrogen and oxygen atoms in total. The lowest BCUT2D eigenvalue weighted by molar-refractivity contribution is -0.116. The fourth-order valence-electron chi connectivity index (χ4n) is 3.47. The molecular formula is C22H21N3O2S. The van der Waals surface area contributed by atoms with E-state index in [4.69, 9.17) is 0 Å². The predicted octanol–water partition coefficient (Wildman–Crippen LogP) is 4.35. The van der Waals surface area contributed by atoms with Crippen LogP contribution in [0, 0.1) is 0 Å². The molecule has 1 aliphatic rings. The fraction of sp³-hybridized carbons (Fsp3) is 0.227. The number of amides is 1. The van der Waals surface area contributed by atoms with E-state index < -0.39 is 0 Å². The number of Topliss-reactive ketones (excluding diaryl/α,β-unsaturated/α-hetero) is 1. The monoisotopic (exact) mass is 391 g/mol. The largest absolute Gasteiger partial charge is 0.333 e. The van der Waals surface area contributed by atoms with Gasteiger partial charge < -0.3 is 9.88 Å². The number of nitrogens with zero attached hydrogens (tertiary/aromatic N) is 2. The van der Waals surface area contributed by atoms with E-state index in [-0.39, 0.29) is 16.9 Å². The number of ketones is 1. The highest BCUT2D eigenvalue weighted by molar-refractivity contribution is 8.00. The fourth-order valence-corrected chi connectivity index (χ4v) is 4.33. The van der Waals surface area contributed by atoms with Crippen LogP contribution in [0.25, 0.3) is 11.3 Å². The van der Waals surface area contributed by atoms with E-state index in [1.165, 1.54) is 11.8 Å². The standard InChI is InChI=1S/C22H21N3O2S/c1-14(28-22-23-13-19(24-22)16-6-4-3-5-7-16)21(27)18-8-9-20-17(12-18)10-11-25(20)15(2)26/h3-9,12-14H,10-11H2,1-2H3,(H,23,24). The SMILES string of the molecule is CC(=O)N1CCc2cc(C(=O)C(C)Sc3ncc(-c4ccccc4)[nH]3)ccc21. The molecule has 2 heterocycles. The molecule has 1 N–H and O–H groups in total. The second-order valence-corrected chi connectivity index (χ2v) is 8.19. The van der Waals surface area contributed by atoms with Crippen molar-refractivity contribution >= 4 is 29.1 Å². The zero-order valence-corrected chi connectivity index (χ0v) is 16.6. The lowest BCUT2D eigenvalue weighted by Crippen LogP contribution is -2.25. The Labute approximate surface area is 168 Å². The highest BCUT2D eigenvalue weighted by atomic mass is 32.2. The van der Waals surface area contributed by atoms with Crippen molar-refractivity contribution in [3.63, 3.8) is 0 Å². The van der Waals surface area contributed by atoms with Gasteiger partial charge in [0.2, 0.25) is 5.91 Å². The zero-order valence-electron chi connectivity index (χ0n) is 15.8. The van der Waals surface area contributed by atoms with E-state index in [2.05, 4.69) is 9.97 Å². The Balaban J connectivity index is 1.47. The van der Waals surface area contributed by atoms with E-state index in [0.29, 0.717) is 12.1 Å². The maximum atomic E-state index is 12.9. The normalized spacial score (nSPS) is 14.0. The van der Waals surface area contributed by atoms with Crippen molar-refractivity contribution in [1.82, 2.24) is 9.97 Å². The van der Waals surface area contributed by atoms with Gasteiger partial charge in [0.15, 0.2) is 10.9 Å². The van der Waals surface area contributed by atoms with Crippen molar-refractivity contribution < 1.29 is 9.59 Å². The maximum Gasteiger partial charge on any atom is 0.223 e. The van der Waals surface area contributed by atoms with Crippen LogP contribution in [0.2, 0.25) is 0 Å². The quantitative estimate of drug-likeness (QED) is 0.519. The molecule has 1 aromatic heterocycles. The molecule has 0 radical (unpaired) electrons. The van der Waals surface area contributed by atoms with Gasteiger partial charge in [-0.05, 0) is 42.7 Å². The summed E-state index contributed by atoms with van der Waals surface area (Å²) < 4.78 is 0. The van der Waals surface area contributed by atoms with Crippen LogP contribution in [-0.4, -0.2) is 33.5 Å². The number of nitrogens with one attached hydrogen (secondary N) is 1. The summed E-state index contributed by atoms with van der Waals surface area (Å²) in [6, 6.07) is 15.6. The van der Waals surface area contributed by atoms with Gasteiger partial charge in [-0.2, -0.15) is 0 Å². The lowest BCUT2D eigenvalue weighted by atomic mass is 10.0. The van der Waals surface area contributed by atoms with Crippen molar-refractivity contribution in [2.75, 3.05) is 11.4 Å². The molecular weight excluding hydrogens is 370 g/mol. The van der Waals surface area contributed by atoms with Crippen LogP contribution < -0.4 is 4.90 Å². The molecule has 1 amide bonds. The van der Waals surface area contributed by atoms with Gasteiger partial charge in [0, 0.05) is 24.7 Å². The number of benzene rings is 2. The van der Waals surface area contributed by atoms with Gasteiger partial charge >= 0.3 is 0 Å². The van der Waals surface area contributed by atoms with Crippen LogP contribution in [0.4, 0.5) is 5.69 Å². The summed E-state index contributed by atoms with van der Waals surface area (Å²) >= 11 is 1.42. The molecule has 1 aliphatic heterocycles. The Hall–Kier alpha value is -2.86. The molecule has 6 heteroatoms. The number of anilines is 1. The lowest BCUT2D eigenvalue weighted by Gasteiger charge is -2.15. The van der Waals surface area contributed by atoms with Crippen molar-refractivity contribution in [2.24, 2.45) is 0 Å². The predicted molar refractivity (Wildman–Crippen MR) is 112 cm³/mol. The van der Waals surface area contributed by atoms with Crippen LogP contribution in [0.3, 0.4) is 0 Å². The van der Waals surface area contributed by atoms with Crippen molar-refractivity contribution in [2.45, 2.75) is 30.7 Å². The zero-order chi connectivity index (χ0) is 19.7. The number of carbonyl (C=O) groups is 2. The molecule has 4 rings (SSSR count). The molecule has 0 fully saturated rings. The van der Waals surface area contributed by atoms with E-state index >= 15 is 0 Å². The Morgan fingerprint density at radius 2 is 1.96 bits per heavy atom. The average Bonchev–Trinajstić information content (AvgIpc) is 3.34. The molecule has 0 saturated carbocycles. The molecule has 1 atom stereocenters. The third kappa shape index (κ3) is 3.60. The number of aromatic nitrogens is 2. The van der Waals surface area contributed by atoms with Crippen LogP contribution in [0.5, 0.6) is 0 Å². The van der Waals surface area contributed by atoms with Crippen LogP contribution >= 0.6 is 11.8 Å². The van der Waals surface area contributed by atoms with E-state index in [9.17, 15) is 9.59 Å². The van der Waals surface area contributed by atoms with Crippen LogP contribution in [-0.2, 0) is 11.2 Å². The number of hydrogen-bond acceptors (Lipinski definition) is 4. The topological polar surface area (TPSA) is 66.1 Å². The molecule has 0 bridgehead atoms. The number of H-pyrrole nitrogens is 1. The van der Waals surface area contributed by atoms with Gasteiger partial charge in [-0.15, -0.1) is 0 Å². The van der Waals surface area contributed by atoms with Crippen molar-refractivity contribution in [3.8, 4) is 11.3 Å². The highest BCUT2D eigenvalue weighted by Gasteiger charge is 2.25. The minimum Gasteiger partial charge on any atom is -0.333 e. The minimum absolute atomic E-state index is 0.0359. The summed E-state index contributed by atoms with van der Waals surface area (Å²) in [4.78, 5) is 34.0. The van der Waals surface area contributed by atoms with Crippen molar-refractivity contribution in [1.29, 1.82) is 0 Å². The highest BCUT2D eigenvalue weighted by Crippen LogP contribution is 2.31. The van der Waals surface area contributed by atoms with Gasteiger partial charge in [-0.3, -0.25) is 9.59 Å². The summed E-state index contributed by atoms with van der Waals surface area (Å²) in [5, 5.41) is 0.460. The molecule has 2 aromatic carbocycles. The van der Waals surface area contributed by atoms with Gasteiger partial charge in [-0.25, -0.2) is 4.98 Å². The Kier molecular flexibility index (Phi) is 5.05. The summed E-state index contributed by atoms with van der Waals surface area (Å²) in [6.45, 7) is 4.15. The first-order valence-electron chi connectivity index (χ1n) is 9.25. The van der Waals surface area contributed by atoms with Gasteiger partial charge in [0.1, 0.15) is 0 Å². The second-order valence-electron chi connectivity index (χ2n) is 6.86. The van der Waals surface area contributed by atoms with Gasteiger partial charge in [0.05, 0.1) is 17.1 Å². The van der Waals surface area contributed by atoms with Gasteiger partial charge in [0.25, 0.3) is 0 Å². The first kappa shape index (κ1) is 18.5. The number of hydrogen-bond donors (Lipinski definition) is 1. The summed E-state index contributed by atoms with van der Waals surface area (Å²) in [5.41, 5.74) is 4.66. The summed E-state index contributed by atoms with van der Waals surface area (Å²) in [5.74, 6) is 0.0977. The average molecular weight is 391 g/mol. The van der Waals surface area contributed by atoms with Gasteiger partial charge in [-0.1, -0.05) is 42.1 Å². The Bertz CT molecular complexity index is 1030. The van der Waals surface area contributed by atoms with E-state index in [0.717, 1.165) is 34.1 Å². The number of aromatic amines is 1. The first-order valence-corrected chi connectivity index (χ1v) is 10.1. The van der Waals surface area contributed by atoms with Crippen molar-refractivity contribution in [3.05, 3.63) is 65.9 Å². The second kappa shape index (κ2) is 7.64. The first-order chi connectivity index (χ1) is 13.5. The van der Waals surface area contributed by atoms with Crippen LogP contribution in [0.15, 0.2) is 59.9 Å². The third-order valence-electron chi connectivity index (χ3n) is 4.93.